The lowest BCUT2D eigenvalue weighted by Gasteiger charge is -2.25. The van der Waals surface area contributed by atoms with E-state index in [4.69, 9.17) is 15.8 Å². The summed E-state index contributed by atoms with van der Waals surface area (Å²) in [5.74, 6) is -0.0527. The van der Waals surface area contributed by atoms with E-state index in [0.717, 1.165) is 58.7 Å². The largest absolute Gasteiger partial charge is 0.400 e. The SMILES string of the molecule is CC.CO.NC(=O)c1ccc(-n2c3ccccc3c3c(-c4nc5ccc(F)cc5[nH]4)cccc32)cc1NC1CCCCC1. The summed E-state index contributed by atoms with van der Waals surface area (Å²) in [6.45, 7) is 4.00. The van der Waals surface area contributed by atoms with Crippen molar-refractivity contribution in [2.24, 2.45) is 5.73 Å². The summed E-state index contributed by atoms with van der Waals surface area (Å²) in [5.41, 5.74) is 12.3. The van der Waals surface area contributed by atoms with Crippen LogP contribution in [0.3, 0.4) is 0 Å². The Morgan fingerprint density at radius 2 is 1.70 bits per heavy atom. The minimum absolute atomic E-state index is 0.301. The van der Waals surface area contributed by atoms with Crippen molar-refractivity contribution < 1.29 is 14.3 Å². The van der Waals surface area contributed by atoms with E-state index >= 15 is 0 Å². The highest BCUT2D eigenvalue weighted by molar-refractivity contribution is 6.15. The van der Waals surface area contributed by atoms with Crippen molar-refractivity contribution in [1.82, 2.24) is 14.5 Å². The van der Waals surface area contributed by atoms with Crippen LogP contribution in [0.25, 0.3) is 49.9 Å². The molecule has 1 aliphatic rings. The number of nitrogens with two attached hydrogens (primary N) is 1. The molecule has 1 aliphatic carbocycles. The van der Waals surface area contributed by atoms with Crippen LogP contribution in [0.1, 0.15) is 56.3 Å². The van der Waals surface area contributed by atoms with Gasteiger partial charge in [0.1, 0.15) is 11.6 Å². The second kappa shape index (κ2) is 13.1. The second-order valence-electron chi connectivity index (χ2n) is 10.4. The standard InChI is InChI=1S/C32H28FN5O.C2H6.CH4O/c33-19-13-16-25-27(17-19)37-32(36-25)24-10-6-12-29-30(24)23-9-4-5-11-28(23)38(29)21-14-15-22(31(34)39)26(18-21)35-20-7-2-1-3-8-20;2*1-2/h4-6,9-18,20,35H,1-3,7-8H2,(H2,34,39)(H,36,37);1-2H3;2H,1H3. The van der Waals surface area contributed by atoms with Crippen LogP contribution in [0.2, 0.25) is 0 Å². The van der Waals surface area contributed by atoms with Gasteiger partial charge in [-0.2, -0.15) is 0 Å². The third-order valence-corrected chi connectivity index (χ3v) is 7.89. The highest BCUT2D eigenvalue weighted by Crippen LogP contribution is 2.39. The Balaban J connectivity index is 0.000000885. The minimum Gasteiger partial charge on any atom is -0.400 e. The summed E-state index contributed by atoms with van der Waals surface area (Å²) in [5, 5.41) is 12.8. The number of anilines is 1. The quantitative estimate of drug-likeness (QED) is 0.166. The molecule has 0 unspecified atom stereocenters. The number of rotatable bonds is 5. The van der Waals surface area contributed by atoms with Crippen LogP contribution in [0.4, 0.5) is 10.1 Å². The smallest absolute Gasteiger partial charge is 0.250 e. The molecule has 8 heteroatoms. The fourth-order valence-corrected chi connectivity index (χ4v) is 6.08. The Morgan fingerprint density at radius 1 is 0.953 bits per heavy atom. The van der Waals surface area contributed by atoms with Gasteiger partial charge < -0.3 is 25.7 Å². The second-order valence-corrected chi connectivity index (χ2v) is 10.4. The molecular formula is C35H38FN5O2. The van der Waals surface area contributed by atoms with E-state index in [1.54, 1.807) is 6.07 Å². The van der Waals surface area contributed by atoms with Crippen molar-refractivity contribution in [1.29, 1.82) is 0 Å². The van der Waals surface area contributed by atoms with Gasteiger partial charge in [0.05, 0.1) is 27.6 Å². The third-order valence-electron chi connectivity index (χ3n) is 7.89. The number of nitrogens with one attached hydrogen (secondary N) is 2. The van der Waals surface area contributed by atoms with E-state index in [0.29, 0.717) is 28.5 Å². The van der Waals surface area contributed by atoms with Gasteiger partial charge in [-0.05, 0) is 61.4 Å². The van der Waals surface area contributed by atoms with Crippen LogP contribution >= 0.6 is 0 Å². The van der Waals surface area contributed by atoms with Gasteiger partial charge in [0, 0.05) is 40.9 Å². The lowest BCUT2D eigenvalue weighted by atomic mass is 9.95. The summed E-state index contributed by atoms with van der Waals surface area (Å²) in [6, 6.07) is 25.1. The summed E-state index contributed by atoms with van der Waals surface area (Å²) in [7, 11) is 1.00. The number of imidazole rings is 1. The highest BCUT2D eigenvalue weighted by Gasteiger charge is 2.20. The van der Waals surface area contributed by atoms with Gasteiger partial charge in [0.15, 0.2) is 0 Å². The molecule has 0 aliphatic heterocycles. The maximum atomic E-state index is 13.9. The number of para-hydroxylation sites is 1. The number of aliphatic hydroxyl groups is 1. The Kier molecular flexibility index (Phi) is 9.07. The molecule has 7 rings (SSSR count). The number of aromatic nitrogens is 3. The molecule has 5 N–H and O–H groups in total. The van der Waals surface area contributed by atoms with E-state index in [1.165, 1.54) is 31.4 Å². The van der Waals surface area contributed by atoms with Crippen LogP contribution in [0.15, 0.2) is 78.9 Å². The number of nitrogens with zero attached hydrogens (tertiary/aromatic N) is 2. The first kappa shape index (κ1) is 29.8. The van der Waals surface area contributed by atoms with Crippen LogP contribution in [0, 0.1) is 5.82 Å². The van der Waals surface area contributed by atoms with Crippen LogP contribution in [0.5, 0.6) is 0 Å². The predicted molar refractivity (Wildman–Crippen MR) is 174 cm³/mol. The fourth-order valence-electron chi connectivity index (χ4n) is 6.08. The maximum Gasteiger partial charge on any atom is 0.250 e. The Morgan fingerprint density at radius 3 is 2.47 bits per heavy atom. The van der Waals surface area contributed by atoms with Gasteiger partial charge >= 0.3 is 0 Å². The zero-order valence-corrected chi connectivity index (χ0v) is 24.8. The average molecular weight is 580 g/mol. The number of aliphatic hydroxyl groups excluding tert-OH is 1. The van der Waals surface area contributed by atoms with Crippen molar-refractivity contribution in [3.05, 3.63) is 90.2 Å². The first-order valence-corrected chi connectivity index (χ1v) is 14.9. The van der Waals surface area contributed by atoms with Gasteiger partial charge in [-0.15, -0.1) is 0 Å². The van der Waals surface area contributed by atoms with Gasteiger partial charge in [0.2, 0.25) is 0 Å². The fraction of sp³-hybridized carbons (Fsp3) is 0.257. The van der Waals surface area contributed by atoms with Crippen molar-refractivity contribution in [3.63, 3.8) is 0 Å². The number of amides is 1. The lowest BCUT2D eigenvalue weighted by molar-refractivity contribution is 0.100. The molecule has 1 fully saturated rings. The number of primary amides is 1. The normalized spacial score (nSPS) is 13.3. The molecule has 0 radical (unpaired) electrons. The number of carbonyl (C=O) groups excluding carboxylic acids is 1. The zero-order chi connectivity index (χ0) is 30.5. The first-order chi connectivity index (χ1) is 21.1. The monoisotopic (exact) mass is 579 g/mol. The molecule has 0 atom stereocenters. The number of aromatic amines is 1. The summed E-state index contributed by atoms with van der Waals surface area (Å²) in [6.07, 6.45) is 5.80. The molecule has 0 bridgehead atoms. The van der Waals surface area contributed by atoms with Crippen LogP contribution in [-0.4, -0.2) is 38.7 Å². The molecule has 6 aromatic rings. The van der Waals surface area contributed by atoms with Crippen LogP contribution in [-0.2, 0) is 0 Å². The number of fused-ring (bicyclic) bond motifs is 4. The summed E-state index contributed by atoms with van der Waals surface area (Å²) in [4.78, 5) is 20.4. The third kappa shape index (κ3) is 5.70. The summed E-state index contributed by atoms with van der Waals surface area (Å²) < 4.78 is 16.1. The number of halogens is 1. The topological polar surface area (TPSA) is 109 Å². The molecule has 1 saturated carbocycles. The number of hydrogen-bond donors (Lipinski definition) is 4. The van der Waals surface area contributed by atoms with E-state index in [9.17, 15) is 9.18 Å². The van der Waals surface area contributed by atoms with E-state index < -0.39 is 5.91 Å². The first-order valence-electron chi connectivity index (χ1n) is 14.9. The zero-order valence-electron chi connectivity index (χ0n) is 24.8. The number of carbonyl (C=O) groups is 1. The minimum atomic E-state index is -0.439. The van der Waals surface area contributed by atoms with Crippen molar-refractivity contribution in [2.75, 3.05) is 12.4 Å². The van der Waals surface area contributed by atoms with Crippen LogP contribution < -0.4 is 11.1 Å². The number of benzene rings is 4. The van der Waals surface area contributed by atoms with E-state index in [2.05, 4.69) is 33.1 Å². The molecule has 7 nitrogen and oxygen atoms in total. The van der Waals surface area contributed by atoms with E-state index in [-0.39, 0.29) is 5.82 Å². The molecule has 0 saturated heterocycles. The maximum absolute atomic E-state index is 13.9. The Hall–Kier alpha value is -4.69. The molecule has 1 amide bonds. The highest BCUT2D eigenvalue weighted by atomic mass is 19.1. The molecular weight excluding hydrogens is 541 g/mol. The predicted octanol–water partition coefficient (Wildman–Crippen LogP) is 7.94. The average Bonchev–Trinajstić information content (AvgIpc) is 3.62. The van der Waals surface area contributed by atoms with Crippen molar-refractivity contribution in [3.8, 4) is 17.1 Å². The Labute approximate surface area is 250 Å². The lowest BCUT2D eigenvalue weighted by Crippen LogP contribution is -2.24. The molecule has 2 aromatic heterocycles. The van der Waals surface area contributed by atoms with Gasteiger partial charge in [-0.3, -0.25) is 4.79 Å². The van der Waals surface area contributed by atoms with Crippen molar-refractivity contribution >= 4 is 44.4 Å². The molecule has 43 heavy (non-hydrogen) atoms. The number of H-pyrrole nitrogens is 1. The molecule has 4 aromatic carbocycles. The van der Waals surface area contributed by atoms with Crippen molar-refractivity contribution in [2.45, 2.75) is 52.0 Å². The van der Waals surface area contributed by atoms with E-state index in [1.807, 2.05) is 56.3 Å². The Bertz CT molecular complexity index is 1880. The molecule has 2 heterocycles. The van der Waals surface area contributed by atoms with Gasteiger partial charge in [0.25, 0.3) is 5.91 Å². The van der Waals surface area contributed by atoms with Gasteiger partial charge in [-0.1, -0.05) is 63.4 Å². The summed E-state index contributed by atoms with van der Waals surface area (Å²) >= 11 is 0. The van der Waals surface area contributed by atoms with Gasteiger partial charge in [-0.25, -0.2) is 9.37 Å². The number of hydrogen-bond acceptors (Lipinski definition) is 4. The molecule has 222 valence electrons. The molecule has 0 spiro atoms.